The molecule has 0 N–H and O–H groups in total. The van der Waals surface area contributed by atoms with E-state index in [4.69, 9.17) is 9.15 Å². The van der Waals surface area contributed by atoms with Crippen molar-refractivity contribution in [1.82, 2.24) is 19.7 Å². The van der Waals surface area contributed by atoms with Crippen LogP contribution in [0.15, 0.2) is 52.2 Å². The Hall–Kier alpha value is -2.74. The van der Waals surface area contributed by atoms with Crippen molar-refractivity contribution in [3.63, 3.8) is 0 Å². The molecule has 1 aromatic carbocycles. The topological polar surface area (TPSA) is 73.4 Å². The van der Waals surface area contributed by atoms with Gasteiger partial charge in [0.05, 0.1) is 25.2 Å². The van der Waals surface area contributed by atoms with E-state index in [0.717, 1.165) is 43.0 Å². The number of furan rings is 1. The Balaban J connectivity index is 1.64. The molecule has 1 aliphatic heterocycles. The molecule has 0 saturated carbocycles. The zero-order valence-electron chi connectivity index (χ0n) is 16.6. The lowest BCUT2D eigenvalue weighted by molar-refractivity contribution is -0.129. The predicted octanol–water partition coefficient (Wildman–Crippen LogP) is 3.70. The average Bonchev–Trinajstić information content (AvgIpc) is 3.51. The Labute approximate surface area is 174 Å². The van der Waals surface area contributed by atoms with Gasteiger partial charge in [-0.2, -0.15) is 0 Å². The third-order valence-electron chi connectivity index (χ3n) is 4.99. The van der Waals surface area contributed by atoms with Crippen molar-refractivity contribution in [3.05, 3.63) is 48.4 Å². The first-order valence-electron chi connectivity index (χ1n) is 9.71. The molecule has 0 aliphatic carbocycles. The van der Waals surface area contributed by atoms with Crippen LogP contribution in [0.25, 0.3) is 11.4 Å². The van der Waals surface area contributed by atoms with Crippen LogP contribution in [0.2, 0.25) is 0 Å². The van der Waals surface area contributed by atoms with Crippen LogP contribution >= 0.6 is 11.8 Å². The summed E-state index contributed by atoms with van der Waals surface area (Å²) in [6, 6.07) is 11.5. The molecule has 3 aromatic rings. The summed E-state index contributed by atoms with van der Waals surface area (Å²) in [5.41, 5.74) is 0.897. The molecule has 7 nitrogen and oxygen atoms in total. The van der Waals surface area contributed by atoms with E-state index in [1.807, 2.05) is 52.8 Å². The maximum atomic E-state index is 12.8. The lowest BCUT2D eigenvalue weighted by Gasteiger charge is -2.19. The normalized spacial score (nSPS) is 14.9. The van der Waals surface area contributed by atoms with Gasteiger partial charge in [0.2, 0.25) is 5.91 Å². The Morgan fingerprint density at radius 1 is 1.24 bits per heavy atom. The summed E-state index contributed by atoms with van der Waals surface area (Å²) < 4.78 is 12.9. The number of ether oxygens (including phenoxy) is 1. The van der Waals surface area contributed by atoms with Gasteiger partial charge in [-0.15, -0.1) is 10.2 Å². The summed E-state index contributed by atoms with van der Waals surface area (Å²) in [5.74, 6) is 2.42. The van der Waals surface area contributed by atoms with Crippen molar-refractivity contribution in [3.8, 4) is 17.1 Å². The molecule has 1 fully saturated rings. The minimum atomic E-state index is -0.231. The first-order chi connectivity index (χ1) is 14.2. The van der Waals surface area contributed by atoms with Crippen LogP contribution in [-0.2, 0) is 11.3 Å². The molecule has 0 spiro atoms. The smallest absolute Gasteiger partial charge is 0.235 e. The van der Waals surface area contributed by atoms with Crippen molar-refractivity contribution >= 4 is 17.7 Å². The highest BCUT2D eigenvalue weighted by atomic mass is 32.2. The zero-order chi connectivity index (χ0) is 20.2. The number of likely N-dealkylation sites (tertiary alicyclic amines) is 1. The molecule has 3 heterocycles. The van der Waals surface area contributed by atoms with Crippen LogP contribution in [0.1, 0.15) is 25.5 Å². The molecule has 1 unspecified atom stereocenters. The standard InChI is InChI=1S/C21H24N4O3S/c1-15(20(26)24-10-3-4-11-24)29-21-23-22-19(16-7-5-8-17(13-16)27-2)25(21)14-18-9-6-12-28-18/h5-9,12-13,15H,3-4,10-11,14H2,1-2H3. The maximum Gasteiger partial charge on any atom is 0.235 e. The second kappa shape index (κ2) is 8.73. The molecule has 152 valence electrons. The van der Waals surface area contributed by atoms with Gasteiger partial charge in [0, 0.05) is 18.7 Å². The highest BCUT2D eigenvalue weighted by Crippen LogP contribution is 2.30. The van der Waals surface area contributed by atoms with E-state index in [1.165, 1.54) is 11.8 Å². The molecule has 0 bridgehead atoms. The van der Waals surface area contributed by atoms with Gasteiger partial charge in [0.25, 0.3) is 0 Å². The van der Waals surface area contributed by atoms with Crippen molar-refractivity contribution in [2.45, 2.75) is 36.7 Å². The van der Waals surface area contributed by atoms with Crippen molar-refractivity contribution < 1.29 is 13.9 Å². The molecule has 1 atom stereocenters. The molecule has 2 aromatic heterocycles. The third-order valence-corrected chi connectivity index (χ3v) is 6.05. The number of carbonyl (C=O) groups is 1. The number of carbonyl (C=O) groups excluding carboxylic acids is 1. The SMILES string of the molecule is COc1cccc(-c2nnc(SC(C)C(=O)N3CCCC3)n2Cc2ccco2)c1. The molecule has 29 heavy (non-hydrogen) atoms. The van der Waals surface area contributed by atoms with E-state index >= 15 is 0 Å². The number of nitrogens with zero attached hydrogens (tertiary/aromatic N) is 4. The van der Waals surface area contributed by atoms with Crippen LogP contribution in [0.3, 0.4) is 0 Å². The maximum absolute atomic E-state index is 12.8. The van der Waals surface area contributed by atoms with Gasteiger partial charge >= 0.3 is 0 Å². The van der Waals surface area contributed by atoms with E-state index in [1.54, 1.807) is 13.4 Å². The van der Waals surface area contributed by atoms with E-state index < -0.39 is 0 Å². The fourth-order valence-electron chi connectivity index (χ4n) is 3.46. The first-order valence-corrected chi connectivity index (χ1v) is 10.6. The Morgan fingerprint density at radius 2 is 2.07 bits per heavy atom. The number of thioether (sulfide) groups is 1. The van der Waals surface area contributed by atoms with Crippen molar-refractivity contribution in [2.24, 2.45) is 0 Å². The quantitative estimate of drug-likeness (QED) is 0.551. The summed E-state index contributed by atoms with van der Waals surface area (Å²) in [6.45, 7) is 4.11. The average molecular weight is 413 g/mol. The number of amides is 1. The largest absolute Gasteiger partial charge is 0.497 e. The summed E-state index contributed by atoms with van der Waals surface area (Å²) in [6.07, 6.45) is 3.81. The number of rotatable bonds is 7. The number of aromatic nitrogens is 3. The summed E-state index contributed by atoms with van der Waals surface area (Å²) >= 11 is 1.44. The number of hydrogen-bond acceptors (Lipinski definition) is 6. The van der Waals surface area contributed by atoms with Gasteiger partial charge in [-0.1, -0.05) is 23.9 Å². The minimum Gasteiger partial charge on any atom is -0.497 e. The predicted molar refractivity (Wildman–Crippen MR) is 111 cm³/mol. The Morgan fingerprint density at radius 3 is 2.79 bits per heavy atom. The van der Waals surface area contributed by atoms with Crippen molar-refractivity contribution in [1.29, 1.82) is 0 Å². The third kappa shape index (κ3) is 4.32. The fourth-order valence-corrected chi connectivity index (χ4v) is 4.39. The lowest BCUT2D eigenvalue weighted by Crippen LogP contribution is -2.34. The lowest BCUT2D eigenvalue weighted by atomic mass is 10.2. The first kappa shape index (κ1) is 19.6. The van der Waals surface area contributed by atoms with Crippen molar-refractivity contribution in [2.75, 3.05) is 20.2 Å². The van der Waals surface area contributed by atoms with Crippen LogP contribution in [0, 0.1) is 0 Å². The van der Waals surface area contributed by atoms with E-state index in [-0.39, 0.29) is 11.2 Å². The summed E-state index contributed by atoms with van der Waals surface area (Å²) in [5, 5.41) is 9.29. The molecule has 1 amide bonds. The van der Waals surface area contributed by atoms with E-state index in [0.29, 0.717) is 17.5 Å². The molecule has 4 rings (SSSR count). The number of benzene rings is 1. The molecule has 1 aliphatic rings. The Bertz CT molecular complexity index is 964. The van der Waals surface area contributed by atoms with Gasteiger partial charge in [-0.05, 0) is 44.0 Å². The van der Waals surface area contributed by atoms with E-state index in [2.05, 4.69) is 10.2 Å². The molecule has 0 radical (unpaired) electrons. The second-order valence-corrected chi connectivity index (χ2v) is 8.30. The van der Waals surface area contributed by atoms with Gasteiger partial charge in [-0.25, -0.2) is 0 Å². The van der Waals surface area contributed by atoms with Gasteiger partial charge in [0.1, 0.15) is 11.5 Å². The zero-order valence-corrected chi connectivity index (χ0v) is 17.4. The Kier molecular flexibility index (Phi) is 5.89. The highest BCUT2D eigenvalue weighted by molar-refractivity contribution is 8.00. The van der Waals surface area contributed by atoms with Gasteiger partial charge in [-0.3, -0.25) is 9.36 Å². The highest BCUT2D eigenvalue weighted by Gasteiger charge is 2.26. The molecular weight excluding hydrogens is 388 g/mol. The summed E-state index contributed by atoms with van der Waals surface area (Å²) in [4.78, 5) is 14.7. The number of methoxy groups -OCH3 is 1. The fraction of sp³-hybridized carbons (Fsp3) is 0.381. The number of hydrogen-bond donors (Lipinski definition) is 0. The summed E-state index contributed by atoms with van der Waals surface area (Å²) in [7, 11) is 1.64. The monoisotopic (exact) mass is 412 g/mol. The molecule has 8 heteroatoms. The van der Waals surface area contributed by atoms with Crippen LogP contribution in [0.4, 0.5) is 0 Å². The molecule has 1 saturated heterocycles. The second-order valence-electron chi connectivity index (χ2n) is 7.00. The van der Waals surface area contributed by atoms with E-state index in [9.17, 15) is 4.79 Å². The van der Waals surface area contributed by atoms with Crippen LogP contribution in [-0.4, -0.2) is 51.0 Å². The van der Waals surface area contributed by atoms with Crippen LogP contribution in [0.5, 0.6) is 5.75 Å². The van der Waals surface area contributed by atoms with Gasteiger partial charge in [0.15, 0.2) is 11.0 Å². The molecular formula is C21H24N4O3S. The minimum absolute atomic E-state index is 0.156. The van der Waals surface area contributed by atoms with Gasteiger partial charge < -0.3 is 14.1 Å². The van der Waals surface area contributed by atoms with Crippen LogP contribution < -0.4 is 4.74 Å².